The summed E-state index contributed by atoms with van der Waals surface area (Å²) < 4.78 is 1.70. The van der Waals surface area contributed by atoms with Crippen molar-refractivity contribution in [2.75, 3.05) is 0 Å². The second-order valence-corrected chi connectivity index (χ2v) is 16.0. The van der Waals surface area contributed by atoms with Gasteiger partial charge in [0.15, 0.2) is 0 Å². The van der Waals surface area contributed by atoms with Gasteiger partial charge >= 0.3 is 0 Å². The Hall–Kier alpha value is -2.48. The molecule has 2 heteroatoms. The molecule has 0 atom stereocenters. The molecular formula is C50H80N2. The van der Waals surface area contributed by atoms with Crippen LogP contribution < -0.4 is 0 Å². The van der Waals surface area contributed by atoms with Crippen LogP contribution >= 0.6 is 0 Å². The zero-order valence-electron chi connectivity index (χ0n) is 35.6. The molecule has 0 fully saturated rings. The largest absolute Gasteiger partial charge is 0.493 e. The van der Waals surface area contributed by atoms with Crippen molar-refractivity contribution in [2.45, 2.75) is 222 Å². The summed E-state index contributed by atoms with van der Waals surface area (Å²) >= 11 is 0. The molecule has 1 heterocycles. The first kappa shape index (κ1) is 43.9. The molecule has 0 bridgehead atoms. The molecule has 3 rings (SSSR count). The number of hydrogen-bond acceptors (Lipinski definition) is 0. The standard InChI is InChI=1S/C50H80N2/c1-9-17-21-22-23-26-34-48-47(31-20-12-4)49(43-35-39(27-13-5)45(32-24-18-10-2)40(36-43)28-14-6)52(51)50(48)44-37-41(29-15-7)46(33-25-19-11-3)42(38-44)30-16-8/h35-38H,9-34H2,1-8H3. The van der Waals surface area contributed by atoms with Gasteiger partial charge in [-0.05, 0) is 135 Å². The van der Waals surface area contributed by atoms with Gasteiger partial charge in [-0.1, -0.05) is 145 Å². The Bertz CT molecular complexity index is 1380. The molecule has 0 unspecified atom stereocenters. The summed E-state index contributed by atoms with van der Waals surface area (Å²) in [5.41, 5.74) is 29.6. The summed E-state index contributed by atoms with van der Waals surface area (Å²) in [6.07, 6.45) is 31.2. The van der Waals surface area contributed by atoms with Crippen molar-refractivity contribution in [1.82, 2.24) is 0 Å². The third-order valence-corrected chi connectivity index (χ3v) is 11.5. The number of benzene rings is 2. The van der Waals surface area contributed by atoms with Crippen LogP contribution in [0.4, 0.5) is 0 Å². The number of aryl methyl sites for hydroxylation is 4. The van der Waals surface area contributed by atoms with Crippen molar-refractivity contribution in [2.24, 2.45) is 0 Å². The Morgan fingerprint density at radius 1 is 0.346 bits per heavy atom. The van der Waals surface area contributed by atoms with Gasteiger partial charge in [-0.2, -0.15) is 0 Å². The van der Waals surface area contributed by atoms with Gasteiger partial charge in [0.25, 0.3) is 0 Å². The molecule has 1 aliphatic rings. The molecule has 0 spiro atoms. The van der Waals surface area contributed by atoms with Crippen LogP contribution in [-0.4, -0.2) is 4.70 Å². The average molecular weight is 709 g/mol. The minimum absolute atomic E-state index is 1.03. The molecule has 1 aliphatic heterocycles. The zero-order valence-corrected chi connectivity index (χ0v) is 35.6. The number of nitrogens with zero attached hydrogens (tertiary/aromatic N) is 2. The highest BCUT2D eigenvalue weighted by molar-refractivity contribution is 5.83. The lowest BCUT2D eigenvalue weighted by atomic mass is 9.86. The summed E-state index contributed by atoms with van der Waals surface area (Å²) in [6.45, 7) is 18.6. The lowest BCUT2D eigenvalue weighted by molar-refractivity contribution is -0.345. The number of unbranched alkanes of at least 4 members (excludes halogenated alkanes) is 10. The Labute approximate surface area is 322 Å². The van der Waals surface area contributed by atoms with E-state index in [1.807, 2.05) is 0 Å². The first-order valence-electron chi connectivity index (χ1n) is 22.7. The fourth-order valence-electron chi connectivity index (χ4n) is 8.80. The minimum atomic E-state index is 1.03. The molecular weight excluding hydrogens is 629 g/mol. The van der Waals surface area contributed by atoms with Gasteiger partial charge < -0.3 is 5.53 Å². The monoisotopic (exact) mass is 709 g/mol. The van der Waals surface area contributed by atoms with Crippen LogP contribution in [0.5, 0.6) is 0 Å². The van der Waals surface area contributed by atoms with Crippen LogP contribution in [-0.2, 0) is 38.5 Å². The summed E-state index contributed by atoms with van der Waals surface area (Å²) in [5, 5.41) is 0. The lowest BCUT2D eigenvalue weighted by Gasteiger charge is -2.19. The van der Waals surface area contributed by atoms with Crippen molar-refractivity contribution in [1.29, 1.82) is 0 Å². The first-order chi connectivity index (χ1) is 25.4. The van der Waals surface area contributed by atoms with E-state index < -0.39 is 0 Å². The van der Waals surface area contributed by atoms with Crippen molar-refractivity contribution >= 4 is 11.4 Å². The maximum absolute atomic E-state index is 12.8. The third kappa shape index (κ3) is 12.3. The van der Waals surface area contributed by atoms with E-state index in [0.717, 1.165) is 88.4 Å². The van der Waals surface area contributed by atoms with E-state index in [4.69, 9.17) is 0 Å². The van der Waals surface area contributed by atoms with Crippen molar-refractivity contribution in [3.05, 3.63) is 85.5 Å². The van der Waals surface area contributed by atoms with E-state index >= 15 is 0 Å². The van der Waals surface area contributed by atoms with Gasteiger partial charge in [-0.3, -0.25) is 0 Å². The maximum Gasteiger partial charge on any atom is 0.211 e. The molecule has 0 aliphatic carbocycles. The Morgan fingerprint density at radius 3 is 1.02 bits per heavy atom. The van der Waals surface area contributed by atoms with E-state index in [0.29, 0.717) is 0 Å². The van der Waals surface area contributed by atoms with Crippen LogP contribution in [0.25, 0.3) is 16.9 Å². The molecule has 0 amide bonds. The molecule has 2 aromatic rings. The molecule has 0 N–H and O–H groups in total. The number of allylic oxidation sites excluding steroid dienone is 2. The molecule has 0 saturated carbocycles. The molecule has 0 aromatic heterocycles. The summed E-state index contributed by atoms with van der Waals surface area (Å²) in [6, 6.07) is 10.0. The normalized spacial score (nSPS) is 13.3. The predicted octanol–water partition coefficient (Wildman–Crippen LogP) is 16.1. The van der Waals surface area contributed by atoms with Crippen molar-refractivity contribution in [3.63, 3.8) is 0 Å². The molecule has 52 heavy (non-hydrogen) atoms. The van der Waals surface area contributed by atoms with E-state index in [2.05, 4.69) is 79.7 Å². The summed E-state index contributed by atoms with van der Waals surface area (Å²) in [4.78, 5) is 0. The summed E-state index contributed by atoms with van der Waals surface area (Å²) in [5.74, 6) is 0. The predicted molar refractivity (Wildman–Crippen MR) is 230 cm³/mol. The SMILES string of the molecule is CCCCCCCCC1=C(c2cc(CCC)c(CCCCC)c(CCC)c2)[N+](=[N-])C(c2cc(CCC)c(CCCCC)c(CCC)c2)=C1CCCC. The summed E-state index contributed by atoms with van der Waals surface area (Å²) in [7, 11) is 0. The van der Waals surface area contributed by atoms with Crippen LogP contribution in [0.15, 0.2) is 35.4 Å². The third-order valence-electron chi connectivity index (χ3n) is 11.5. The van der Waals surface area contributed by atoms with Gasteiger partial charge in [0.2, 0.25) is 11.4 Å². The second-order valence-electron chi connectivity index (χ2n) is 16.0. The van der Waals surface area contributed by atoms with E-state index in [1.54, 1.807) is 15.8 Å². The zero-order chi connectivity index (χ0) is 37.7. The Balaban J connectivity index is 2.29. The molecule has 2 nitrogen and oxygen atoms in total. The van der Waals surface area contributed by atoms with Gasteiger partial charge in [-0.15, -0.1) is 0 Å². The maximum atomic E-state index is 12.8. The fraction of sp³-hybridized carbons (Fsp3) is 0.680. The van der Waals surface area contributed by atoms with Crippen molar-refractivity contribution < 1.29 is 4.70 Å². The fourth-order valence-corrected chi connectivity index (χ4v) is 8.80. The van der Waals surface area contributed by atoms with Crippen LogP contribution in [0.1, 0.15) is 228 Å². The van der Waals surface area contributed by atoms with Gasteiger partial charge in [0, 0.05) is 22.3 Å². The molecule has 0 radical (unpaired) electrons. The number of rotatable bonds is 28. The van der Waals surface area contributed by atoms with E-state index in [1.165, 1.54) is 134 Å². The highest BCUT2D eigenvalue weighted by Crippen LogP contribution is 2.46. The second kappa shape index (κ2) is 24.8. The van der Waals surface area contributed by atoms with Crippen LogP contribution in [0, 0.1) is 0 Å². The van der Waals surface area contributed by atoms with Crippen LogP contribution in [0.2, 0.25) is 0 Å². The van der Waals surface area contributed by atoms with Crippen molar-refractivity contribution in [3.8, 4) is 0 Å². The quantitative estimate of drug-likeness (QED) is 0.0621. The van der Waals surface area contributed by atoms with Gasteiger partial charge in [-0.25, -0.2) is 4.70 Å². The Kier molecular flexibility index (Phi) is 20.9. The minimum Gasteiger partial charge on any atom is -0.493 e. The molecule has 2 aromatic carbocycles. The van der Waals surface area contributed by atoms with Gasteiger partial charge in [0.05, 0.1) is 0 Å². The first-order valence-corrected chi connectivity index (χ1v) is 22.7. The van der Waals surface area contributed by atoms with E-state index in [9.17, 15) is 5.53 Å². The van der Waals surface area contributed by atoms with Crippen LogP contribution in [0.3, 0.4) is 0 Å². The van der Waals surface area contributed by atoms with E-state index in [-0.39, 0.29) is 0 Å². The Morgan fingerprint density at radius 2 is 0.654 bits per heavy atom. The number of hydrogen-bond donors (Lipinski definition) is 0. The lowest BCUT2D eigenvalue weighted by Crippen LogP contribution is -2.09. The highest BCUT2D eigenvalue weighted by atomic mass is 15.2. The molecule has 0 saturated heterocycles. The van der Waals surface area contributed by atoms with Gasteiger partial charge in [0.1, 0.15) is 0 Å². The topological polar surface area (TPSA) is 25.3 Å². The molecule has 290 valence electrons. The highest BCUT2D eigenvalue weighted by Gasteiger charge is 2.36. The average Bonchev–Trinajstić information content (AvgIpc) is 3.41. The smallest absolute Gasteiger partial charge is 0.211 e.